The number of ether oxygens (including phenoxy) is 1. The summed E-state index contributed by atoms with van der Waals surface area (Å²) in [6.07, 6.45) is 0. The molecule has 108 valence electrons. The molecule has 0 heterocycles. The number of nitro groups is 1. The molecule has 0 bridgehead atoms. The summed E-state index contributed by atoms with van der Waals surface area (Å²) >= 11 is 6.01. The summed E-state index contributed by atoms with van der Waals surface area (Å²) in [5.74, 6) is -0.577. The Morgan fingerprint density at radius 1 is 1.24 bits per heavy atom. The van der Waals surface area contributed by atoms with Crippen LogP contribution in [0.25, 0.3) is 0 Å². The molecule has 7 heteroatoms. The van der Waals surface area contributed by atoms with Crippen molar-refractivity contribution in [1.29, 1.82) is 0 Å². The Kier molecular flexibility index (Phi) is 4.39. The average Bonchev–Trinajstić information content (AvgIpc) is 2.48. The molecule has 0 saturated heterocycles. The summed E-state index contributed by atoms with van der Waals surface area (Å²) in [5, 5.41) is 14.3. The molecule has 0 unspecified atom stereocenters. The molecule has 0 saturated carbocycles. The van der Waals surface area contributed by atoms with E-state index in [9.17, 15) is 14.9 Å². The van der Waals surface area contributed by atoms with Crippen molar-refractivity contribution in [3.63, 3.8) is 0 Å². The van der Waals surface area contributed by atoms with Crippen LogP contribution in [0.5, 0.6) is 0 Å². The molecular weight excluding hydrogens is 296 g/mol. The van der Waals surface area contributed by atoms with Gasteiger partial charge in [-0.1, -0.05) is 23.7 Å². The molecule has 0 aromatic heterocycles. The zero-order valence-corrected chi connectivity index (χ0v) is 11.8. The molecule has 0 aliphatic rings. The summed E-state index contributed by atoms with van der Waals surface area (Å²) < 4.78 is 4.60. The molecule has 0 radical (unpaired) electrons. The normalized spacial score (nSPS) is 10.0. The number of esters is 1. The third-order valence-electron chi connectivity index (χ3n) is 2.76. The largest absolute Gasteiger partial charge is 0.465 e. The van der Waals surface area contributed by atoms with Gasteiger partial charge >= 0.3 is 5.97 Å². The molecule has 0 spiro atoms. The molecule has 0 fully saturated rings. The van der Waals surface area contributed by atoms with Crippen molar-refractivity contribution in [1.82, 2.24) is 0 Å². The van der Waals surface area contributed by atoms with Crippen LogP contribution in [0, 0.1) is 10.1 Å². The Hall–Kier alpha value is -2.60. The van der Waals surface area contributed by atoms with Gasteiger partial charge in [0, 0.05) is 6.07 Å². The lowest BCUT2D eigenvalue weighted by atomic mass is 10.1. The summed E-state index contributed by atoms with van der Waals surface area (Å²) in [5.41, 5.74) is 0.709. The van der Waals surface area contributed by atoms with Gasteiger partial charge in [0.15, 0.2) is 0 Å². The highest BCUT2D eigenvalue weighted by Gasteiger charge is 2.18. The van der Waals surface area contributed by atoms with E-state index in [0.717, 1.165) is 0 Å². The summed E-state index contributed by atoms with van der Waals surface area (Å²) in [6.45, 7) is 0. The minimum absolute atomic E-state index is 0.163. The third kappa shape index (κ3) is 3.29. The number of carbonyl (C=O) groups is 1. The van der Waals surface area contributed by atoms with E-state index < -0.39 is 10.9 Å². The number of nitrogens with one attached hydrogen (secondary N) is 1. The van der Waals surface area contributed by atoms with Gasteiger partial charge in [-0.2, -0.15) is 0 Å². The monoisotopic (exact) mass is 306 g/mol. The van der Waals surface area contributed by atoms with Gasteiger partial charge in [-0.3, -0.25) is 10.1 Å². The minimum atomic E-state index is -0.577. The van der Waals surface area contributed by atoms with Crippen molar-refractivity contribution < 1.29 is 14.5 Å². The summed E-state index contributed by atoms with van der Waals surface area (Å²) in [4.78, 5) is 22.0. The number of methoxy groups -OCH3 is 1. The van der Waals surface area contributed by atoms with Crippen molar-refractivity contribution in [2.24, 2.45) is 0 Å². The van der Waals surface area contributed by atoms with Gasteiger partial charge in [0.05, 0.1) is 28.3 Å². The van der Waals surface area contributed by atoms with Crippen LogP contribution in [0.1, 0.15) is 10.4 Å². The van der Waals surface area contributed by atoms with Gasteiger partial charge in [-0.15, -0.1) is 0 Å². The average molecular weight is 307 g/mol. The first-order valence-electron chi connectivity index (χ1n) is 5.91. The first-order chi connectivity index (χ1) is 10.0. The predicted molar refractivity (Wildman–Crippen MR) is 79.2 cm³/mol. The smallest absolute Gasteiger partial charge is 0.337 e. The molecule has 0 aliphatic carbocycles. The van der Waals surface area contributed by atoms with E-state index in [0.29, 0.717) is 10.7 Å². The Morgan fingerprint density at radius 3 is 2.57 bits per heavy atom. The zero-order chi connectivity index (χ0) is 15.4. The van der Waals surface area contributed by atoms with Gasteiger partial charge in [-0.25, -0.2) is 4.79 Å². The van der Waals surface area contributed by atoms with E-state index in [1.165, 1.54) is 25.3 Å². The molecule has 2 rings (SSSR count). The lowest BCUT2D eigenvalue weighted by molar-refractivity contribution is -0.383. The fourth-order valence-electron chi connectivity index (χ4n) is 1.75. The van der Waals surface area contributed by atoms with E-state index in [1.807, 2.05) is 0 Å². The highest BCUT2D eigenvalue weighted by atomic mass is 35.5. The maximum absolute atomic E-state index is 11.5. The fourth-order valence-corrected chi connectivity index (χ4v) is 1.93. The Bertz CT molecular complexity index is 703. The van der Waals surface area contributed by atoms with Crippen LogP contribution >= 0.6 is 11.6 Å². The lowest BCUT2D eigenvalue weighted by Crippen LogP contribution is -2.04. The van der Waals surface area contributed by atoms with Crippen molar-refractivity contribution in [2.45, 2.75) is 0 Å². The van der Waals surface area contributed by atoms with Crippen molar-refractivity contribution in [3.8, 4) is 0 Å². The maximum Gasteiger partial charge on any atom is 0.337 e. The van der Waals surface area contributed by atoms with Crippen LogP contribution in [0.15, 0.2) is 42.5 Å². The number of para-hydroxylation sites is 1. The van der Waals surface area contributed by atoms with Crippen LogP contribution in [-0.4, -0.2) is 18.0 Å². The third-order valence-corrected chi connectivity index (χ3v) is 3.09. The maximum atomic E-state index is 11.5. The molecule has 21 heavy (non-hydrogen) atoms. The number of anilines is 2. The van der Waals surface area contributed by atoms with Gasteiger partial charge in [0.25, 0.3) is 5.69 Å². The van der Waals surface area contributed by atoms with E-state index in [-0.39, 0.29) is 16.9 Å². The van der Waals surface area contributed by atoms with Crippen LogP contribution < -0.4 is 5.32 Å². The number of halogens is 1. The van der Waals surface area contributed by atoms with Crippen LogP contribution in [0.2, 0.25) is 5.02 Å². The molecule has 1 N–H and O–H groups in total. The van der Waals surface area contributed by atoms with Gasteiger partial charge in [0.1, 0.15) is 5.69 Å². The first kappa shape index (κ1) is 14.8. The molecule has 2 aromatic carbocycles. The second kappa shape index (κ2) is 6.23. The summed E-state index contributed by atoms with van der Waals surface area (Å²) in [6, 6.07) is 10.7. The molecule has 6 nitrogen and oxygen atoms in total. The van der Waals surface area contributed by atoms with Gasteiger partial charge < -0.3 is 10.1 Å². The second-order valence-electron chi connectivity index (χ2n) is 4.09. The van der Waals surface area contributed by atoms with Gasteiger partial charge in [-0.05, 0) is 24.3 Å². The SMILES string of the molecule is COC(=O)c1ccc([N+](=O)[O-])c(Nc2ccccc2Cl)c1. The van der Waals surface area contributed by atoms with Crippen LogP contribution in [0.3, 0.4) is 0 Å². The highest BCUT2D eigenvalue weighted by molar-refractivity contribution is 6.33. The standard InChI is InChI=1S/C14H11ClN2O4/c1-21-14(18)9-6-7-13(17(19)20)12(8-9)16-11-5-3-2-4-10(11)15/h2-8,16H,1H3. The lowest BCUT2D eigenvalue weighted by Gasteiger charge is -2.10. The molecular formula is C14H11ClN2O4. The Labute approximate surface area is 125 Å². The number of nitrogens with zero attached hydrogens (tertiary/aromatic N) is 1. The van der Waals surface area contributed by atoms with Gasteiger partial charge in [0.2, 0.25) is 0 Å². The number of carbonyl (C=O) groups excluding carboxylic acids is 1. The molecule has 2 aromatic rings. The minimum Gasteiger partial charge on any atom is -0.465 e. The molecule has 0 aliphatic heterocycles. The first-order valence-corrected chi connectivity index (χ1v) is 6.29. The fraction of sp³-hybridized carbons (Fsp3) is 0.0714. The van der Waals surface area contributed by atoms with Crippen molar-refractivity contribution in [3.05, 3.63) is 63.2 Å². The van der Waals surface area contributed by atoms with Crippen molar-refractivity contribution in [2.75, 3.05) is 12.4 Å². The highest BCUT2D eigenvalue weighted by Crippen LogP contribution is 2.31. The number of nitro benzene ring substituents is 1. The Morgan fingerprint density at radius 2 is 1.95 bits per heavy atom. The number of hydrogen-bond acceptors (Lipinski definition) is 5. The second-order valence-corrected chi connectivity index (χ2v) is 4.49. The zero-order valence-electron chi connectivity index (χ0n) is 11.0. The van der Waals surface area contributed by atoms with E-state index in [2.05, 4.69) is 10.1 Å². The van der Waals surface area contributed by atoms with Crippen LogP contribution in [-0.2, 0) is 4.74 Å². The molecule has 0 amide bonds. The number of rotatable bonds is 4. The number of benzene rings is 2. The quantitative estimate of drug-likeness (QED) is 0.528. The molecule has 0 atom stereocenters. The topological polar surface area (TPSA) is 81.5 Å². The Balaban J connectivity index is 2.46. The van der Waals surface area contributed by atoms with E-state index in [1.54, 1.807) is 24.3 Å². The number of hydrogen-bond donors (Lipinski definition) is 1. The van der Waals surface area contributed by atoms with Crippen molar-refractivity contribution >= 4 is 34.6 Å². The van der Waals surface area contributed by atoms with Crippen LogP contribution in [0.4, 0.5) is 17.1 Å². The predicted octanol–water partition coefficient (Wildman–Crippen LogP) is 3.78. The van der Waals surface area contributed by atoms with E-state index in [4.69, 9.17) is 11.6 Å². The van der Waals surface area contributed by atoms with E-state index >= 15 is 0 Å². The summed E-state index contributed by atoms with van der Waals surface area (Å²) in [7, 11) is 1.24.